The van der Waals surface area contributed by atoms with Gasteiger partial charge in [-0.05, 0) is 24.3 Å². The van der Waals surface area contributed by atoms with Gasteiger partial charge in [-0.2, -0.15) is 0 Å². The Bertz CT molecular complexity index is 503. The standard InChI is InChI=1S/C14H21N3O3S/c1-20-11-4-8-21-12(11)14(19)17-7-2-3-10(9-17)13(18)16-6-5-15/h4,8,10H,2-3,5-7,9,15H2,1H3,(H,16,18). The van der Waals surface area contributed by atoms with Crippen molar-refractivity contribution >= 4 is 23.2 Å². The average molecular weight is 311 g/mol. The lowest BCUT2D eigenvalue weighted by Crippen LogP contribution is -2.46. The van der Waals surface area contributed by atoms with E-state index in [1.165, 1.54) is 11.3 Å². The van der Waals surface area contributed by atoms with Crippen LogP contribution in [0.25, 0.3) is 0 Å². The SMILES string of the molecule is COc1ccsc1C(=O)N1CCCC(C(=O)NCCN)C1. The maximum atomic E-state index is 12.5. The number of nitrogens with zero attached hydrogens (tertiary/aromatic N) is 1. The fourth-order valence-electron chi connectivity index (χ4n) is 2.47. The van der Waals surface area contributed by atoms with Crippen molar-refractivity contribution in [3.63, 3.8) is 0 Å². The maximum Gasteiger partial charge on any atom is 0.267 e. The van der Waals surface area contributed by atoms with Crippen LogP contribution in [0.2, 0.25) is 0 Å². The van der Waals surface area contributed by atoms with Crippen molar-refractivity contribution < 1.29 is 14.3 Å². The molecule has 0 aliphatic carbocycles. The molecule has 7 heteroatoms. The lowest BCUT2D eigenvalue weighted by molar-refractivity contribution is -0.126. The molecule has 2 rings (SSSR count). The largest absolute Gasteiger partial charge is 0.495 e. The number of rotatable bonds is 5. The van der Waals surface area contributed by atoms with Gasteiger partial charge in [0.05, 0.1) is 13.0 Å². The van der Waals surface area contributed by atoms with Crippen LogP contribution in [0, 0.1) is 5.92 Å². The fraction of sp³-hybridized carbons (Fsp3) is 0.571. The first kappa shape index (κ1) is 15.8. The topological polar surface area (TPSA) is 84.7 Å². The van der Waals surface area contributed by atoms with Crippen LogP contribution in [0.15, 0.2) is 11.4 Å². The highest BCUT2D eigenvalue weighted by atomic mass is 32.1. The summed E-state index contributed by atoms with van der Waals surface area (Å²) >= 11 is 1.37. The molecular formula is C14H21N3O3S. The molecule has 0 bridgehead atoms. The summed E-state index contributed by atoms with van der Waals surface area (Å²) in [5.74, 6) is 0.370. The molecule has 0 spiro atoms. The number of hydrogen-bond acceptors (Lipinski definition) is 5. The number of nitrogens with two attached hydrogens (primary N) is 1. The molecule has 0 aromatic carbocycles. The molecule has 3 N–H and O–H groups in total. The molecule has 0 radical (unpaired) electrons. The van der Waals surface area contributed by atoms with Gasteiger partial charge in [0, 0.05) is 26.2 Å². The number of nitrogens with one attached hydrogen (secondary N) is 1. The van der Waals surface area contributed by atoms with Crippen LogP contribution in [-0.4, -0.2) is 50.0 Å². The van der Waals surface area contributed by atoms with E-state index in [1.54, 1.807) is 18.1 Å². The van der Waals surface area contributed by atoms with E-state index in [-0.39, 0.29) is 17.7 Å². The van der Waals surface area contributed by atoms with E-state index < -0.39 is 0 Å². The molecule has 0 saturated carbocycles. The minimum Gasteiger partial charge on any atom is -0.495 e. The monoisotopic (exact) mass is 311 g/mol. The molecule has 1 atom stereocenters. The Balaban J connectivity index is 2.00. The summed E-state index contributed by atoms with van der Waals surface area (Å²) in [5, 5.41) is 4.63. The summed E-state index contributed by atoms with van der Waals surface area (Å²) in [6.07, 6.45) is 1.64. The molecule has 116 valence electrons. The summed E-state index contributed by atoms with van der Waals surface area (Å²) in [7, 11) is 1.55. The van der Waals surface area contributed by atoms with Gasteiger partial charge >= 0.3 is 0 Å². The highest BCUT2D eigenvalue weighted by molar-refractivity contribution is 7.12. The number of carbonyl (C=O) groups excluding carboxylic acids is 2. The van der Waals surface area contributed by atoms with E-state index in [1.807, 2.05) is 5.38 Å². The number of methoxy groups -OCH3 is 1. The van der Waals surface area contributed by atoms with Gasteiger partial charge in [0.1, 0.15) is 10.6 Å². The lowest BCUT2D eigenvalue weighted by atomic mass is 9.97. The molecule has 21 heavy (non-hydrogen) atoms. The van der Waals surface area contributed by atoms with E-state index in [0.29, 0.717) is 36.8 Å². The van der Waals surface area contributed by atoms with Gasteiger partial charge in [-0.15, -0.1) is 11.3 Å². The minimum atomic E-state index is -0.153. The van der Waals surface area contributed by atoms with Gasteiger partial charge in [-0.1, -0.05) is 0 Å². The molecule has 2 amide bonds. The Morgan fingerprint density at radius 1 is 1.57 bits per heavy atom. The number of likely N-dealkylation sites (tertiary alicyclic amines) is 1. The number of amides is 2. The van der Waals surface area contributed by atoms with Gasteiger partial charge in [-0.3, -0.25) is 9.59 Å². The highest BCUT2D eigenvalue weighted by Crippen LogP contribution is 2.28. The van der Waals surface area contributed by atoms with Crippen LogP contribution in [0.5, 0.6) is 5.75 Å². The molecule has 1 aromatic heterocycles. The van der Waals surface area contributed by atoms with Crippen LogP contribution in [-0.2, 0) is 4.79 Å². The Hall–Kier alpha value is -1.60. The molecule has 1 aliphatic heterocycles. The maximum absolute atomic E-state index is 12.5. The van der Waals surface area contributed by atoms with Crippen LogP contribution >= 0.6 is 11.3 Å². The quantitative estimate of drug-likeness (QED) is 0.837. The van der Waals surface area contributed by atoms with Crippen molar-refractivity contribution in [3.8, 4) is 5.75 Å². The van der Waals surface area contributed by atoms with Crippen LogP contribution < -0.4 is 15.8 Å². The second-order valence-electron chi connectivity index (χ2n) is 4.99. The second kappa shape index (κ2) is 7.42. The van der Waals surface area contributed by atoms with Gasteiger partial charge in [0.15, 0.2) is 0 Å². The summed E-state index contributed by atoms with van der Waals surface area (Å²) < 4.78 is 5.19. The van der Waals surface area contributed by atoms with E-state index in [4.69, 9.17) is 10.5 Å². The molecule has 1 saturated heterocycles. The first-order valence-electron chi connectivity index (χ1n) is 7.06. The van der Waals surface area contributed by atoms with Crippen molar-refractivity contribution in [2.75, 3.05) is 33.3 Å². The molecular weight excluding hydrogens is 290 g/mol. The number of hydrogen-bond donors (Lipinski definition) is 2. The first-order chi connectivity index (χ1) is 10.2. The Labute approximate surface area is 128 Å². The molecule has 1 aliphatic rings. The van der Waals surface area contributed by atoms with Crippen molar-refractivity contribution in [1.29, 1.82) is 0 Å². The van der Waals surface area contributed by atoms with Crippen molar-refractivity contribution in [2.24, 2.45) is 11.7 Å². The van der Waals surface area contributed by atoms with Crippen LogP contribution in [0.3, 0.4) is 0 Å². The number of ether oxygens (including phenoxy) is 1. The van der Waals surface area contributed by atoms with Crippen LogP contribution in [0.1, 0.15) is 22.5 Å². The summed E-state index contributed by atoms with van der Waals surface area (Å²) in [4.78, 5) is 26.9. The van der Waals surface area contributed by atoms with Crippen molar-refractivity contribution in [1.82, 2.24) is 10.2 Å². The Kier molecular flexibility index (Phi) is 5.58. The van der Waals surface area contributed by atoms with Crippen LogP contribution in [0.4, 0.5) is 0 Å². The van der Waals surface area contributed by atoms with Crippen molar-refractivity contribution in [2.45, 2.75) is 12.8 Å². The normalized spacial score (nSPS) is 18.4. The predicted molar refractivity (Wildman–Crippen MR) is 81.6 cm³/mol. The third kappa shape index (κ3) is 3.74. The predicted octanol–water partition coefficient (Wildman–Crippen LogP) is 0.684. The van der Waals surface area contributed by atoms with E-state index in [0.717, 1.165) is 12.8 Å². The number of carbonyl (C=O) groups is 2. The molecule has 1 fully saturated rings. The Morgan fingerprint density at radius 3 is 3.10 bits per heavy atom. The zero-order valence-corrected chi connectivity index (χ0v) is 12.9. The summed E-state index contributed by atoms with van der Waals surface area (Å²) in [6, 6.07) is 1.79. The zero-order chi connectivity index (χ0) is 15.2. The minimum absolute atomic E-state index is 0.0175. The Morgan fingerprint density at radius 2 is 2.38 bits per heavy atom. The molecule has 6 nitrogen and oxygen atoms in total. The summed E-state index contributed by atoms with van der Waals surface area (Å²) in [6.45, 7) is 2.03. The van der Waals surface area contributed by atoms with E-state index >= 15 is 0 Å². The highest BCUT2D eigenvalue weighted by Gasteiger charge is 2.30. The second-order valence-corrected chi connectivity index (χ2v) is 5.90. The average Bonchev–Trinajstić information content (AvgIpc) is 3.00. The fourth-order valence-corrected chi connectivity index (χ4v) is 3.30. The molecule has 1 aromatic rings. The molecule has 2 heterocycles. The third-order valence-electron chi connectivity index (χ3n) is 3.57. The van der Waals surface area contributed by atoms with Gasteiger partial charge < -0.3 is 20.7 Å². The van der Waals surface area contributed by atoms with Crippen molar-refractivity contribution in [3.05, 3.63) is 16.3 Å². The third-order valence-corrected chi connectivity index (χ3v) is 4.45. The zero-order valence-electron chi connectivity index (χ0n) is 12.1. The smallest absolute Gasteiger partial charge is 0.267 e. The van der Waals surface area contributed by atoms with Gasteiger partial charge in [-0.25, -0.2) is 0 Å². The summed E-state index contributed by atoms with van der Waals surface area (Å²) in [5.41, 5.74) is 5.39. The number of piperidine rings is 1. The lowest BCUT2D eigenvalue weighted by Gasteiger charge is -2.31. The van der Waals surface area contributed by atoms with E-state index in [9.17, 15) is 9.59 Å². The molecule has 1 unspecified atom stereocenters. The van der Waals surface area contributed by atoms with Gasteiger partial charge in [0.25, 0.3) is 5.91 Å². The van der Waals surface area contributed by atoms with E-state index in [2.05, 4.69) is 5.32 Å². The van der Waals surface area contributed by atoms with Gasteiger partial charge in [0.2, 0.25) is 5.91 Å². The number of thiophene rings is 1. The first-order valence-corrected chi connectivity index (χ1v) is 7.94.